The quantitative estimate of drug-likeness (QED) is 0.690. The van der Waals surface area contributed by atoms with Crippen molar-refractivity contribution in [1.29, 1.82) is 0 Å². The van der Waals surface area contributed by atoms with Gasteiger partial charge < -0.3 is 9.64 Å². The van der Waals surface area contributed by atoms with Gasteiger partial charge in [0.25, 0.3) is 0 Å². The maximum Gasteiger partial charge on any atom is 0.246 e. The zero-order valence-electron chi connectivity index (χ0n) is 17.0. The molecule has 0 aliphatic carbocycles. The molecule has 0 atom stereocenters. The lowest BCUT2D eigenvalue weighted by Gasteiger charge is -2.41. The van der Waals surface area contributed by atoms with Gasteiger partial charge in [-0.3, -0.25) is 0 Å². The third-order valence-corrected chi connectivity index (χ3v) is 7.97. The third kappa shape index (κ3) is 4.88. The maximum atomic E-state index is 14.0. The van der Waals surface area contributed by atoms with Crippen LogP contribution in [0.2, 0.25) is 0 Å². The van der Waals surface area contributed by atoms with Crippen LogP contribution in [0.1, 0.15) is 25.7 Å². The summed E-state index contributed by atoms with van der Waals surface area (Å²) in [4.78, 5) is 1.70. The van der Waals surface area contributed by atoms with Gasteiger partial charge in [-0.1, -0.05) is 12.1 Å². The molecule has 2 fully saturated rings. The lowest BCUT2D eigenvalue weighted by Crippen LogP contribution is -2.50. The Morgan fingerprint density at radius 1 is 0.839 bits per heavy atom. The first kappa shape index (κ1) is 22.1. The molecule has 2 aromatic carbocycles. The van der Waals surface area contributed by atoms with Crippen molar-refractivity contribution in [3.05, 3.63) is 59.9 Å². The van der Waals surface area contributed by atoms with Gasteiger partial charge in [0.15, 0.2) is 11.6 Å². The van der Waals surface area contributed by atoms with E-state index in [0.717, 1.165) is 44.1 Å². The molecule has 9 heteroatoms. The number of halogens is 3. The predicted octanol–water partition coefficient (Wildman–Crippen LogP) is 3.80. The van der Waals surface area contributed by atoms with E-state index in [1.54, 1.807) is 18.2 Å². The van der Waals surface area contributed by atoms with Gasteiger partial charge in [0.05, 0.1) is 0 Å². The molecule has 2 aromatic rings. The van der Waals surface area contributed by atoms with Gasteiger partial charge in [-0.25, -0.2) is 21.6 Å². The van der Waals surface area contributed by atoms with Crippen molar-refractivity contribution in [3.8, 4) is 5.75 Å². The van der Waals surface area contributed by atoms with Crippen molar-refractivity contribution >= 4 is 10.0 Å². The fraction of sp³-hybridized carbons (Fsp3) is 0.455. The summed E-state index contributed by atoms with van der Waals surface area (Å²) in [5.74, 6) is -1.83. The Bertz CT molecular complexity index is 1020. The van der Waals surface area contributed by atoms with E-state index in [1.165, 1.54) is 10.4 Å². The van der Waals surface area contributed by atoms with Gasteiger partial charge in [0.1, 0.15) is 22.6 Å². The Balaban J connectivity index is 1.30. The zero-order valence-corrected chi connectivity index (χ0v) is 17.8. The lowest BCUT2D eigenvalue weighted by atomic mass is 10.00. The van der Waals surface area contributed by atoms with Gasteiger partial charge in [-0.05, 0) is 56.0 Å². The van der Waals surface area contributed by atoms with Gasteiger partial charge >= 0.3 is 0 Å². The lowest BCUT2D eigenvalue weighted by molar-refractivity contribution is 0.0567. The average Bonchev–Trinajstić information content (AvgIpc) is 2.77. The van der Waals surface area contributed by atoms with Gasteiger partial charge in [-0.15, -0.1) is 0 Å². The number of sulfonamides is 1. The number of hydrogen-bond donors (Lipinski definition) is 0. The van der Waals surface area contributed by atoms with Crippen molar-refractivity contribution in [3.63, 3.8) is 0 Å². The van der Waals surface area contributed by atoms with Crippen LogP contribution in [0, 0.1) is 17.5 Å². The zero-order chi connectivity index (χ0) is 22.0. The predicted molar refractivity (Wildman–Crippen MR) is 110 cm³/mol. The highest BCUT2D eigenvalue weighted by Gasteiger charge is 2.34. The largest absolute Gasteiger partial charge is 0.487 e. The van der Waals surface area contributed by atoms with E-state index in [9.17, 15) is 21.6 Å². The Morgan fingerprint density at radius 3 is 2.19 bits per heavy atom. The summed E-state index contributed by atoms with van der Waals surface area (Å²) in [5.41, 5.74) is 0. The smallest absolute Gasteiger partial charge is 0.246 e. The minimum absolute atomic E-state index is 0.0513. The van der Waals surface area contributed by atoms with Gasteiger partial charge in [0, 0.05) is 32.2 Å². The molecule has 2 saturated heterocycles. The molecule has 4 rings (SSSR count). The summed E-state index contributed by atoms with van der Waals surface area (Å²) < 4.78 is 73.7. The van der Waals surface area contributed by atoms with E-state index in [0.29, 0.717) is 12.8 Å². The molecule has 0 saturated carbocycles. The molecule has 0 radical (unpaired) electrons. The van der Waals surface area contributed by atoms with Crippen LogP contribution < -0.4 is 4.74 Å². The average molecular weight is 455 g/mol. The molecule has 2 aliphatic heterocycles. The minimum Gasteiger partial charge on any atom is -0.487 e. The van der Waals surface area contributed by atoms with Crippen LogP contribution in [0.5, 0.6) is 5.75 Å². The second-order valence-corrected chi connectivity index (χ2v) is 9.90. The number of para-hydroxylation sites is 1. The first-order valence-corrected chi connectivity index (χ1v) is 11.9. The van der Waals surface area contributed by atoms with Crippen molar-refractivity contribution in [1.82, 2.24) is 9.21 Å². The number of nitrogens with zero attached hydrogens (tertiary/aromatic N) is 2. The molecule has 0 bridgehead atoms. The molecular weight excluding hydrogens is 429 g/mol. The third-order valence-electron chi connectivity index (χ3n) is 6.06. The summed E-state index contributed by atoms with van der Waals surface area (Å²) >= 11 is 0. The van der Waals surface area contributed by atoms with Crippen LogP contribution in [0.3, 0.4) is 0 Å². The molecular formula is C22H25F3N2O3S. The number of piperidine rings is 2. The standard InChI is InChI=1S/C22H25F3N2O3S/c23-16-5-6-20(25)22(15-16)31(28,29)27-13-7-17(8-14-27)26-11-9-18(10-12-26)30-21-4-2-1-3-19(21)24/h1-6,15,17-18H,7-14H2. The van der Waals surface area contributed by atoms with Crippen LogP contribution in [0.4, 0.5) is 13.2 Å². The summed E-state index contributed by atoms with van der Waals surface area (Å²) in [7, 11) is -4.07. The minimum atomic E-state index is -4.07. The van der Waals surface area contributed by atoms with Crippen molar-refractivity contribution in [2.45, 2.75) is 42.7 Å². The second kappa shape index (κ2) is 9.18. The highest BCUT2D eigenvalue weighted by Crippen LogP contribution is 2.28. The number of likely N-dealkylation sites (tertiary alicyclic amines) is 1. The number of hydrogen-bond acceptors (Lipinski definition) is 4. The summed E-state index contributed by atoms with van der Waals surface area (Å²) in [6, 6.07) is 9.06. The second-order valence-electron chi connectivity index (χ2n) is 7.99. The van der Waals surface area contributed by atoms with Crippen LogP contribution in [0.15, 0.2) is 47.4 Å². The molecule has 2 aliphatic rings. The number of benzene rings is 2. The molecule has 0 aromatic heterocycles. The van der Waals surface area contributed by atoms with E-state index in [4.69, 9.17) is 4.74 Å². The SMILES string of the molecule is O=S(=O)(c1cc(F)ccc1F)N1CCC(N2CCC(Oc3ccccc3F)CC2)CC1. The highest BCUT2D eigenvalue weighted by atomic mass is 32.2. The summed E-state index contributed by atoms with van der Waals surface area (Å²) in [5, 5.41) is 0. The Labute approximate surface area is 180 Å². The van der Waals surface area contributed by atoms with Gasteiger partial charge in [0.2, 0.25) is 10.0 Å². The molecule has 0 amide bonds. The molecule has 31 heavy (non-hydrogen) atoms. The first-order chi connectivity index (χ1) is 14.8. The molecule has 168 valence electrons. The highest BCUT2D eigenvalue weighted by molar-refractivity contribution is 7.89. The van der Waals surface area contributed by atoms with Crippen molar-refractivity contribution in [2.24, 2.45) is 0 Å². The number of ether oxygens (including phenoxy) is 1. The maximum absolute atomic E-state index is 14.0. The molecule has 5 nitrogen and oxygen atoms in total. The fourth-order valence-corrected chi connectivity index (χ4v) is 5.89. The normalized spacial score (nSPS) is 20.1. The van der Waals surface area contributed by atoms with E-state index in [2.05, 4.69) is 4.90 Å². The van der Waals surface area contributed by atoms with Crippen LogP contribution in [0.25, 0.3) is 0 Å². The molecule has 2 heterocycles. The van der Waals surface area contributed by atoms with E-state index in [1.807, 2.05) is 0 Å². The molecule has 0 spiro atoms. The van der Waals surface area contributed by atoms with Crippen LogP contribution in [-0.2, 0) is 10.0 Å². The first-order valence-electron chi connectivity index (χ1n) is 10.4. The van der Waals surface area contributed by atoms with E-state index >= 15 is 0 Å². The number of rotatable bonds is 5. The summed E-state index contributed by atoms with van der Waals surface area (Å²) in [6.07, 6.45) is 2.72. The van der Waals surface area contributed by atoms with E-state index in [-0.39, 0.29) is 36.8 Å². The Hall–Kier alpha value is -2.10. The van der Waals surface area contributed by atoms with E-state index < -0.39 is 26.6 Å². The van der Waals surface area contributed by atoms with Gasteiger partial charge in [-0.2, -0.15) is 4.31 Å². The van der Waals surface area contributed by atoms with Crippen molar-refractivity contribution in [2.75, 3.05) is 26.2 Å². The Kier molecular flexibility index (Phi) is 6.55. The summed E-state index contributed by atoms with van der Waals surface area (Å²) in [6.45, 7) is 2.09. The molecule has 0 unspecified atom stereocenters. The molecule has 0 N–H and O–H groups in total. The van der Waals surface area contributed by atoms with Crippen LogP contribution >= 0.6 is 0 Å². The Morgan fingerprint density at radius 2 is 1.52 bits per heavy atom. The topological polar surface area (TPSA) is 49.9 Å². The van der Waals surface area contributed by atoms with Crippen molar-refractivity contribution < 1.29 is 26.3 Å². The van der Waals surface area contributed by atoms with Crippen LogP contribution in [-0.4, -0.2) is 55.9 Å². The fourth-order valence-electron chi connectivity index (χ4n) is 4.34. The monoisotopic (exact) mass is 454 g/mol.